The number of halogens is 1. The number of rotatable bonds is 16. The van der Waals surface area contributed by atoms with Crippen molar-refractivity contribution < 1.29 is 9.47 Å². The molecule has 2 unspecified atom stereocenters. The molecule has 2 nitrogen and oxygen atoms in total. The van der Waals surface area contributed by atoms with E-state index >= 15 is 0 Å². The molecule has 0 radical (unpaired) electrons. The maximum absolute atomic E-state index is 6.20. The first kappa shape index (κ1) is 22.4. The summed E-state index contributed by atoms with van der Waals surface area (Å²) in [5, 5.41) is 1.17. The fourth-order valence-electron chi connectivity index (χ4n) is 3.52. The average molecular weight is 405 g/mol. The van der Waals surface area contributed by atoms with Gasteiger partial charge in [-0.25, -0.2) is 0 Å². The Kier molecular flexibility index (Phi) is 15.8. The fraction of sp³-hybridized carbons (Fsp3) is 1.00. The Bertz CT molecular complexity index is 254. The largest absolute Gasteiger partial charge is 0.353 e. The molecule has 24 heavy (non-hydrogen) atoms. The van der Waals surface area contributed by atoms with Gasteiger partial charge in [0.25, 0.3) is 0 Å². The summed E-state index contributed by atoms with van der Waals surface area (Å²) in [7, 11) is 0. The minimum absolute atomic E-state index is 0.0832. The van der Waals surface area contributed by atoms with Crippen molar-refractivity contribution in [3.8, 4) is 0 Å². The van der Waals surface area contributed by atoms with E-state index in [9.17, 15) is 0 Å². The molecule has 0 aliphatic carbocycles. The van der Waals surface area contributed by atoms with Crippen LogP contribution in [-0.2, 0) is 9.47 Å². The minimum atomic E-state index is 0.0832. The lowest BCUT2D eigenvalue weighted by molar-refractivity contribution is -0.190. The van der Waals surface area contributed by atoms with Crippen LogP contribution in [0.3, 0.4) is 0 Å². The summed E-state index contributed by atoms with van der Waals surface area (Å²) in [6.45, 7) is 3.15. The summed E-state index contributed by atoms with van der Waals surface area (Å²) in [5.41, 5.74) is 0. The molecule has 1 aliphatic heterocycles. The van der Waals surface area contributed by atoms with Crippen molar-refractivity contribution in [2.75, 3.05) is 11.9 Å². The van der Waals surface area contributed by atoms with Crippen LogP contribution in [-0.4, -0.2) is 24.3 Å². The Hall–Kier alpha value is 0.400. The van der Waals surface area contributed by atoms with Gasteiger partial charge in [-0.3, -0.25) is 0 Å². The van der Waals surface area contributed by atoms with Crippen molar-refractivity contribution in [1.29, 1.82) is 0 Å². The first-order chi connectivity index (χ1) is 11.9. The molecule has 3 heteroatoms. The highest BCUT2D eigenvalue weighted by molar-refractivity contribution is 9.09. The Balaban J connectivity index is 1.92. The first-order valence-corrected chi connectivity index (χ1v) is 11.8. The van der Waals surface area contributed by atoms with Gasteiger partial charge in [-0.15, -0.1) is 0 Å². The van der Waals surface area contributed by atoms with Crippen molar-refractivity contribution in [3.05, 3.63) is 0 Å². The Labute approximate surface area is 159 Å². The molecule has 1 rings (SSSR count). The summed E-state index contributed by atoms with van der Waals surface area (Å²) in [4.78, 5) is 0. The van der Waals surface area contributed by atoms with Gasteiger partial charge in [-0.05, 0) is 38.5 Å². The Morgan fingerprint density at radius 3 is 2.04 bits per heavy atom. The lowest BCUT2D eigenvalue weighted by atomic mass is 10.0. The normalized spacial score (nSPS) is 19.5. The molecule has 0 saturated carbocycles. The topological polar surface area (TPSA) is 18.5 Å². The van der Waals surface area contributed by atoms with Crippen LogP contribution in [0, 0.1) is 0 Å². The third-order valence-corrected chi connectivity index (χ3v) is 5.56. The second-order valence-corrected chi connectivity index (χ2v) is 8.15. The highest BCUT2D eigenvalue weighted by Gasteiger charge is 2.19. The van der Waals surface area contributed by atoms with Crippen molar-refractivity contribution in [3.63, 3.8) is 0 Å². The Morgan fingerprint density at radius 1 is 0.875 bits per heavy atom. The summed E-state index contributed by atoms with van der Waals surface area (Å²) in [6.07, 6.45) is 21.7. The molecule has 0 N–H and O–H groups in total. The molecule has 0 aromatic heterocycles. The molecule has 1 aliphatic rings. The van der Waals surface area contributed by atoms with Crippen LogP contribution in [0.1, 0.15) is 110 Å². The minimum Gasteiger partial charge on any atom is -0.353 e. The van der Waals surface area contributed by atoms with Gasteiger partial charge in [-0.1, -0.05) is 87.1 Å². The zero-order valence-electron chi connectivity index (χ0n) is 16.1. The van der Waals surface area contributed by atoms with Crippen molar-refractivity contribution >= 4 is 15.9 Å². The third kappa shape index (κ3) is 12.7. The number of hydrogen-bond acceptors (Lipinski definition) is 2. The van der Waals surface area contributed by atoms with E-state index in [1.165, 1.54) is 102 Å². The third-order valence-electron chi connectivity index (χ3n) is 5.00. The predicted octanol–water partition coefficient (Wildman–Crippen LogP) is 7.38. The maximum atomic E-state index is 6.20. The molecule has 2 atom stereocenters. The van der Waals surface area contributed by atoms with E-state index in [0.717, 1.165) is 13.0 Å². The summed E-state index contributed by atoms with van der Waals surface area (Å²) in [5.74, 6) is 0. The van der Waals surface area contributed by atoms with Crippen LogP contribution in [0.15, 0.2) is 0 Å². The summed E-state index contributed by atoms with van der Waals surface area (Å²) >= 11 is 3.50. The fourth-order valence-corrected chi connectivity index (χ4v) is 3.91. The van der Waals surface area contributed by atoms with Gasteiger partial charge in [-0.2, -0.15) is 0 Å². The number of alkyl halides is 1. The molecular formula is C21H41BrO2. The Morgan fingerprint density at radius 2 is 1.50 bits per heavy atom. The van der Waals surface area contributed by atoms with Crippen LogP contribution < -0.4 is 0 Å². The summed E-state index contributed by atoms with van der Waals surface area (Å²) in [6, 6.07) is 0. The van der Waals surface area contributed by atoms with Gasteiger partial charge < -0.3 is 9.47 Å². The zero-order valence-corrected chi connectivity index (χ0v) is 17.7. The summed E-state index contributed by atoms with van der Waals surface area (Å²) < 4.78 is 11.9. The maximum Gasteiger partial charge on any atom is 0.157 e. The molecule has 0 spiro atoms. The zero-order chi connectivity index (χ0) is 17.3. The lowest BCUT2D eigenvalue weighted by Gasteiger charge is -2.27. The van der Waals surface area contributed by atoms with Crippen molar-refractivity contribution in [2.45, 2.75) is 122 Å². The van der Waals surface area contributed by atoms with Crippen LogP contribution in [0.5, 0.6) is 0 Å². The molecular weight excluding hydrogens is 364 g/mol. The molecule has 1 heterocycles. The lowest BCUT2D eigenvalue weighted by Crippen LogP contribution is -2.28. The van der Waals surface area contributed by atoms with E-state index in [-0.39, 0.29) is 6.29 Å². The molecule has 0 bridgehead atoms. The molecule has 0 amide bonds. The monoisotopic (exact) mass is 404 g/mol. The van der Waals surface area contributed by atoms with Gasteiger partial charge in [0.05, 0.1) is 6.10 Å². The quantitative estimate of drug-likeness (QED) is 0.197. The average Bonchev–Trinajstić information content (AvgIpc) is 2.60. The van der Waals surface area contributed by atoms with Gasteiger partial charge in [0.1, 0.15) is 0 Å². The molecule has 0 aromatic rings. The SMILES string of the molecule is CCCC(CCCCCCCCCCCCBr)OC1CCCCO1. The van der Waals surface area contributed by atoms with E-state index < -0.39 is 0 Å². The predicted molar refractivity (Wildman–Crippen MR) is 108 cm³/mol. The first-order valence-electron chi connectivity index (χ1n) is 10.7. The molecule has 0 aromatic carbocycles. The van der Waals surface area contributed by atoms with Crippen LogP contribution in [0.2, 0.25) is 0 Å². The van der Waals surface area contributed by atoms with Crippen LogP contribution >= 0.6 is 15.9 Å². The van der Waals surface area contributed by atoms with E-state index in [1.807, 2.05) is 0 Å². The van der Waals surface area contributed by atoms with Crippen molar-refractivity contribution in [1.82, 2.24) is 0 Å². The highest BCUT2D eigenvalue weighted by Crippen LogP contribution is 2.21. The van der Waals surface area contributed by atoms with Gasteiger partial charge >= 0.3 is 0 Å². The van der Waals surface area contributed by atoms with Gasteiger partial charge in [0.2, 0.25) is 0 Å². The van der Waals surface area contributed by atoms with Crippen LogP contribution in [0.4, 0.5) is 0 Å². The van der Waals surface area contributed by atoms with E-state index in [1.54, 1.807) is 0 Å². The van der Waals surface area contributed by atoms with Gasteiger partial charge in [0.15, 0.2) is 6.29 Å². The molecule has 1 fully saturated rings. The van der Waals surface area contributed by atoms with Gasteiger partial charge in [0, 0.05) is 11.9 Å². The highest BCUT2D eigenvalue weighted by atomic mass is 79.9. The van der Waals surface area contributed by atoms with Crippen LogP contribution in [0.25, 0.3) is 0 Å². The van der Waals surface area contributed by atoms with E-state index in [0.29, 0.717) is 6.10 Å². The smallest absolute Gasteiger partial charge is 0.157 e. The molecule has 1 saturated heterocycles. The number of hydrogen-bond donors (Lipinski definition) is 0. The molecule has 144 valence electrons. The van der Waals surface area contributed by atoms with E-state index in [2.05, 4.69) is 22.9 Å². The number of unbranched alkanes of at least 4 members (excludes halogenated alkanes) is 9. The standard InChI is InChI=1S/C21H41BrO2/c1-2-15-20(24-21-17-12-14-19-23-21)16-11-9-7-5-3-4-6-8-10-13-18-22/h20-21H,2-19H2,1H3. The van der Waals surface area contributed by atoms with E-state index in [4.69, 9.17) is 9.47 Å². The number of ether oxygens (including phenoxy) is 2. The second kappa shape index (κ2) is 16.8. The van der Waals surface area contributed by atoms with Crippen molar-refractivity contribution in [2.24, 2.45) is 0 Å². The second-order valence-electron chi connectivity index (χ2n) is 7.36.